The van der Waals surface area contributed by atoms with Crippen LogP contribution < -0.4 is 5.73 Å². The number of nitrogens with zero attached hydrogens (tertiary/aromatic N) is 2. The molecule has 3 unspecified atom stereocenters. The van der Waals surface area contributed by atoms with Crippen molar-refractivity contribution in [3.05, 3.63) is 0 Å². The quantitative estimate of drug-likeness (QED) is 0.842. The van der Waals surface area contributed by atoms with E-state index in [9.17, 15) is 4.79 Å². The molecular weight excluding hydrogens is 238 g/mol. The van der Waals surface area contributed by atoms with Gasteiger partial charge in [-0.05, 0) is 51.6 Å². The van der Waals surface area contributed by atoms with Gasteiger partial charge in [0.05, 0.1) is 0 Å². The molecule has 0 spiro atoms. The van der Waals surface area contributed by atoms with Crippen LogP contribution in [0.2, 0.25) is 0 Å². The van der Waals surface area contributed by atoms with E-state index in [0.717, 1.165) is 32.4 Å². The predicted molar refractivity (Wildman–Crippen MR) is 77.8 cm³/mol. The molecule has 1 aliphatic carbocycles. The van der Waals surface area contributed by atoms with Gasteiger partial charge in [-0.1, -0.05) is 6.42 Å². The lowest BCUT2D eigenvalue weighted by Gasteiger charge is -2.37. The minimum Gasteiger partial charge on any atom is -0.341 e. The van der Waals surface area contributed by atoms with Crippen LogP contribution in [0.4, 0.5) is 0 Å². The van der Waals surface area contributed by atoms with Crippen LogP contribution in [0.5, 0.6) is 0 Å². The number of likely N-dealkylation sites (tertiary alicyclic amines) is 1. The lowest BCUT2D eigenvalue weighted by atomic mass is 9.84. The molecule has 1 aliphatic heterocycles. The predicted octanol–water partition coefficient (Wildman–Crippen LogP) is 1.45. The van der Waals surface area contributed by atoms with E-state index in [4.69, 9.17) is 5.73 Å². The van der Waals surface area contributed by atoms with Crippen molar-refractivity contribution in [1.29, 1.82) is 0 Å². The summed E-state index contributed by atoms with van der Waals surface area (Å²) >= 11 is 0. The molecule has 1 amide bonds. The maximum absolute atomic E-state index is 12.4. The molecule has 0 aromatic rings. The molecule has 2 rings (SSSR count). The van der Waals surface area contributed by atoms with Gasteiger partial charge < -0.3 is 15.5 Å². The Bertz CT molecular complexity index is 308. The lowest BCUT2D eigenvalue weighted by Crippen LogP contribution is -2.47. The fraction of sp³-hybridized carbons (Fsp3) is 0.933. The SMILES string of the molecule is CN1CCCC(N(C)C(=O)CC2CCCC(N)C2)C1. The summed E-state index contributed by atoms with van der Waals surface area (Å²) in [6.45, 7) is 2.18. The zero-order chi connectivity index (χ0) is 13.8. The number of piperidine rings is 1. The molecule has 2 N–H and O–H groups in total. The van der Waals surface area contributed by atoms with Crippen LogP contribution in [0.1, 0.15) is 44.9 Å². The Morgan fingerprint density at radius 3 is 2.79 bits per heavy atom. The number of nitrogens with two attached hydrogens (primary N) is 1. The van der Waals surface area contributed by atoms with E-state index in [1.165, 1.54) is 19.3 Å². The molecule has 110 valence electrons. The van der Waals surface area contributed by atoms with Gasteiger partial charge in [-0.3, -0.25) is 4.79 Å². The first-order chi connectivity index (χ1) is 9.06. The molecule has 3 atom stereocenters. The third kappa shape index (κ3) is 4.18. The number of hydrogen-bond donors (Lipinski definition) is 1. The lowest BCUT2D eigenvalue weighted by molar-refractivity contribution is -0.134. The summed E-state index contributed by atoms with van der Waals surface area (Å²) < 4.78 is 0. The van der Waals surface area contributed by atoms with E-state index in [1.54, 1.807) is 0 Å². The third-order valence-electron chi connectivity index (χ3n) is 4.83. The summed E-state index contributed by atoms with van der Waals surface area (Å²) in [5, 5.41) is 0. The fourth-order valence-electron chi connectivity index (χ4n) is 3.57. The van der Waals surface area contributed by atoms with E-state index in [1.807, 2.05) is 11.9 Å². The van der Waals surface area contributed by atoms with E-state index >= 15 is 0 Å². The van der Waals surface area contributed by atoms with Crippen molar-refractivity contribution in [3.8, 4) is 0 Å². The first-order valence-electron chi connectivity index (χ1n) is 7.76. The first kappa shape index (κ1) is 14.8. The van der Waals surface area contributed by atoms with Gasteiger partial charge in [0.25, 0.3) is 0 Å². The smallest absolute Gasteiger partial charge is 0.222 e. The second-order valence-corrected chi connectivity index (χ2v) is 6.56. The normalized spacial score (nSPS) is 33.1. The second kappa shape index (κ2) is 6.71. The average Bonchev–Trinajstić information content (AvgIpc) is 2.38. The van der Waals surface area contributed by atoms with E-state index in [0.29, 0.717) is 30.3 Å². The summed E-state index contributed by atoms with van der Waals surface area (Å²) in [6.07, 6.45) is 7.58. The zero-order valence-electron chi connectivity index (χ0n) is 12.5. The molecule has 0 radical (unpaired) electrons. The van der Waals surface area contributed by atoms with Crippen LogP contribution in [-0.4, -0.2) is 55.0 Å². The van der Waals surface area contributed by atoms with E-state index in [2.05, 4.69) is 11.9 Å². The summed E-state index contributed by atoms with van der Waals surface area (Å²) in [4.78, 5) is 16.7. The highest BCUT2D eigenvalue weighted by Gasteiger charge is 2.27. The molecule has 19 heavy (non-hydrogen) atoms. The summed E-state index contributed by atoms with van der Waals surface area (Å²) in [6, 6.07) is 0.723. The average molecular weight is 267 g/mol. The van der Waals surface area contributed by atoms with Gasteiger partial charge in [-0.15, -0.1) is 0 Å². The molecule has 1 saturated heterocycles. The van der Waals surface area contributed by atoms with Gasteiger partial charge in [0, 0.05) is 32.1 Å². The van der Waals surface area contributed by atoms with Gasteiger partial charge in [0.15, 0.2) is 0 Å². The highest BCUT2D eigenvalue weighted by atomic mass is 16.2. The number of carbonyl (C=O) groups is 1. The molecule has 0 bridgehead atoms. The highest BCUT2D eigenvalue weighted by Crippen LogP contribution is 2.27. The van der Waals surface area contributed by atoms with Gasteiger partial charge in [0.1, 0.15) is 0 Å². The highest BCUT2D eigenvalue weighted by molar-refractivity contribution is 5.76. The van der Waals surface area contributed by atoms with Gasteiger partial charge in [-0.2, -0.15) is 0 Å². The van der Waals surface area contributed by atoms with Crippen molar-refractivity contribution < 1.29 is 4.79 Å². The Morgan fingerprint density at radius 1 is 1.32 bits per heavy atom. The largest absolute Gasteiger partial charge is 0.341 e. The van der Waals surface area contributed by atoms with Gasteiger partial charge in [-0.25, -0.2) is 0 Å². The standard InChI is InChI=1S/C15H29N3O/c1-17-8-4-7-14(11-17)18(2)15(19)10-12-5-3-6-13(16)9-12/h12-14H,3-11,16H2,1-2H3. The Balaban J connectivity index is 1.81. The van der Waals surface area contributed by atoms with Crippen LogP contribution in [0.3, 0.4) is 0 Å². The zero-order valence-corrected chi connectivity index (χ0v) is 12.5. The topological polar surface area (TPSA) is 49.6 Å². The Kier molecular flexibility index (Phi) is 5.22. The van der Waals surface area contributed by atoms with Crippen molar-refractivity contribution in [2.45, 2.75) is 57.0 Å². The van der Waals surface area contributed by atoms with Crippen molar-refractivity contribution in [2.75, 3.05) is 27.2 Å². The van der Waals surface area contributed by atoms with Gasteiger partial charge >= 0.3 is 0 Å². The van der Waals surface area contributed by atoms with Crippen LogP contribution in [0.15, 0.2) is 0 Å². The van der Waals surface area contributed by atoms with Crippen molar-refractivity contribution >= 4 is 5.91 Å². The van der Waals surface area contributed by atoms with Crippen molar-refractivity contribution in [3.63, 3.8) is 0 Å². The molecule has 4 heteroatoms. The molecule has 0 aromatic heterocycles. The fourth-order valence-corrected chi connectivity index (χ4v) is 3.57. The maximum Gasteiger partial charge on any atom is 0.222 e. The molecule has 1 saturated carbocycles. The summed E-state index contributed by atoms with van der Waals surface area (Å²) in [7, 11) is 4.12. The van der Waals surface area contributed by atoms with Crippen molar-refractivity contribution in [1.82, 2.24) is 9.80 Å². The summed E-state index contributed by atoms with van der Waals surface area (Å²) in [5.74, 6) is 0.833. The molecule has 0 aromatic carbocycles. The number of carbonyl (C=O) groups excluding carboxylic acids is 1. The number of likely N-dealkylation sites (N-methyl/N-ethyl adjacent to an activating group) is 2. The molecular formula is C15H29N3O. The number of amides is 1. The second-order valence-electron chi connectivity index (χ2n) is 6.56. The molecule has 2 aliphatic rings. The number of rotatable bonds is 3. The minimum atomic E-state index is 0.317. The Labute approximate surface area is 117 Å². The summed E-state index contributed by atoms with van der Waals surface area (Å²) in [5.41, 5.74) is 6.01. The van der Waals surface area contributed by atoms with Crippen LogP contribution in [-0.2, 0) is 4.79 Å². The van der Waals surface area contributed by atoms with E-state index in [-0.39, 0.29) is 0 Å². The molecule has 1 heterocycles. The van der Waals surface area contributed by atoms with Gasteiger partial charge in [0.2, 0.25) is 5.91 Å². The Morgan fingerprint density at radius 2 is 2.11 bits per heavy atom. The third-order valence-corrected chi connectivity index (χ3v) is 4.83. The van der Waals surface area contributed by atoms with E-state index < -0.39 is 0 Å². The van der Waals surface area contributed by atoms with Crippen LogP contribution >= 0.6 is 0 Å². The Hall–Kier alpha value is -0.610. The molecule has 4 nitrogen and oxygen atoms in total. The van der Waals surface area contributed by atoms with Crippen LogP contribution in [0.25, 0.3) is 0 Å². The number of hydrogen-bond acceptors (Lipinski definition) is 3. The minimum absolute atomic E-state index is 0.317. The first-order valence-corrected chi connectivity index (χ1v) is 7.76. The molecule has 2 fully saturated rings. The van der Waals surface area contributed by atoms with Crippen LogP contribution in [0, 0.1) is 5.92 Å². The maximum atomic E-state index is 12.4. The van der Waals surface area contributed by atoms with Crippen molar-refractivity contribution in [2.24, 2.45) is 11.7 Å². The monoisotopic (exact) mass is 267 g/mol.